The van der Waals surface area contributed by atoms with Gasteiger partial charge in [0.25, 0.3) is 0 Å². The van der Waals surface area contributed by atoms with Gasteiger partial charge < -0.3 is 15.0 Å². The van der Waals surface area contributed by atoms with Crippen molar-refractivity contribution in [2.45, 2.75) is 52.1 Å². The van der Waals surface area contributed by atoms with Crippen LogP contribution < -0.4 is 5.32 Å². The summed E-state index contributed by atoms with van der Waals surface area (Å²) in [7, 11) is 2.25. The highest BCUT2D eigenvalue weighted by atomic mass is 16.5. The van der Waals surface area contributed by atoms with E-state index >= 15 is 0 Å². The van der Waals surface area contributed by atoms with E-state index in [4.69, 9.17) is 4.74 Å². The van der Waals surface area contributed by atoms with Gasteiger partial charge >= 0.3 is 0 Å². The summed E-state index contributed by atoms with van der Waals surface area (Å²) in [6, 6.07) is 1.25. The molecule has 0 spiro atoms. The largest absolute Gasteiger partial charge is 0.379 e. The summed E-state index contributed by atoms with van der Waals surface area (Å²) >= 11 is 0. The number of hydrogen-bond acceptors (Lipinski definition) is 3. The van der Waals surface area contributed by atoms with Crippen LogP contribution in [0.25, 0.3) is 0 Å². The fourth-order valence-corrected chi connectivity index (χ4v) is 2.52. The number of rotatable bonds is 8. The third-order valence-electron chi connectivity index (χ3n) is 3.84. The molecule has 0 aromatic carbocycles. The van der Waals surface area contributed by atoms with E-state index in [1.54, 1.807) is 0 Å². The second-order valence-corrected chi connectivity index (χ2v) is 5.44. The Morgan fingerprint density at radius 3 is 2.71 bits per heavy atom. The van der Waals surface area contributed by atoms with Gasteiger partial charge in [-0.25, -0.2) is 0 Å². The van der Waals surface area contributed by atoms with E-state index in [1.165, 1.54) is 19.3 Å². The maximum atomic E-state index is 5.62. The van der Waals surface area contributed by atoms with E-state index in [0.717, 1.165) is 26.3 Å². The number of nitrogens with zero attached hydrogens (tertiary/aromatic N) is 1. The lowest BCUT2D eigenvalue weighted by atomic mass is 10.0. The first-order valence-corrected chi connectivity index (χ1v) is 7.20. The van der Waals surface area contributed by atoms with Crippen LogP contribution in [-0.4, -0.2) is 50.3 Å². The first kappa shape index (κ1) is 14.9. The standard InChI is InChI=1S/C14H30N2O/c1-5-7-12(3)16(4)9-13-10-17-11-14(13)15-8-6-2/h12-15H,5-11H2,1-4H3. The quantitative estimate of drug-likeness (QED) is 0.705. The summed E-state index contributed by atoms with van der Waals surface area (Å²) in [4.78, 5) is 2.49. The second kappa shape index (κ2) is 8.06. The van der Waals surface area contributed by atoms with Crippen LogP contribution in [0.4, 0.5) is 0 Å². The fourth-order valence-electron chi connectivity index (χ4n) is 2.52. The minimum atomic E-state index is 0.561. The van der Waals surface area contributed by atoms with Crippen LogP contribution in [0.5, 0.6) is 0 Å². The highest BCUT2D eigenvalue weighted by molar-refractivity contribution is 4.83. The monoisotopic (exact) mass is 242 g/mol. The topological polar surface area (TPSA) is 24.5 Å². The van der Waals surface area contributed by atoms with Gasteiger partial charge in [-0.3, -0.25) is 0 Å². The van der Waals surface area contributed by atoms with E-state index in [9.17, 15) is 0 Å². The molecule has 0 saturated carbocycles. The summed E-state index contributed by atoms with van der Waals surface area (Å²) < 4.78 is 5.62. The van der Waals surface area contributed by atoms with E-state index in [1.807, 2.05) is 0 Å². The first-order chi connectivity index (χ1) is 8.19. The van der Waals surface area contributed by atoms with Gasteiger partial charge in [0.2, 0.25) is 0 Å². The molecule has 3 unspecified atom stereocenters. The van der Waals surface area contributed by atoms with Gasteiger partial charge in [0.05, 0.1) is 13.2 Å². The Balaban J connectivity index is 2.33. The number of ether oxygens (including phenoxy) is 1. The molecule has 1 N–H and O–H groups in total. The molecule has 0 aliphatic carbocycles. The lowest BCUT2D eigenvalue weighted by Gasteiger charge is -2.29. The fraction of sp³-hybridized carbons (Fsp3) is 1.00. The van der Waals surface area contributed by atoms with Crippen LogP contribution in [0, 0.1) is 5.92 Å². The minimum absolute atomic E-state index is 0.561. The van der Waals surface area contributed by atoms with Crippen molar-refractivity contribution >= 4 is 0 Å². The normalized spacial score (nSPS) is 26.6. The molecule has 3 nitrogen and oxygen atoms in total. The summed E-state index contributed by atoms with van der Waals surface area (Å²) in [6.45, 7) is 10.9. The van der Waals surface area contributed by atoms with Gasteiger partial charge in [0.1, 0.15) is 0 Å². The Labute approximate surface area is 107 Å². The highest BCUT2D eigenvalue weighted by Crippen LogP contribution is 2.17. The molecular weight excluding hydrogens is 212 g/mol. The Morgan fingerprint density at radius 1 is 1.29 bits per heavy atom. The molecular formula is C14H30N2O. The molecule has 1 aliphatic rings. The Bertz CT molecular complexity index is 199. The van der Waals surface area contributed by atoms with Crippen LogP contribution in [0.3, 0.4) is 0 Å². The average molecular weight is 242 g/mol. The van der Waals surface area contributed by atoms with Gasteiger partial charge in [-0.1, -0.05) is 20.3 Å². The molecule has 1 saturated heterocycles. The average Bonchev–Trinajstić information content (AvgIpc) is 2.74. The van der Waals surface area contributed by atoms with Crippen molar-refractivity contribution in [3.05, 3.63) is 0 Å². The summed E-state index contributed by atoms with van der Waals surface area (Å²) in [5, 5.41) is 3.61. The van der Waals surface area contributed by atoms with Gasteiger partial charge in [0, 0.05) is 24.5 Å². The smallest absolute Gasteiger partial charge is 0.0623 e. The molecule has 1 aliphatic heterocycles. The van der Waals surface area contributed by atoms with E-state index in [-0.39, 0.29) is 0 Å². The lowest BCUT2D eigenvalue weighted by molar-refractivity contribution is 0.161. The van der Waals surface area contributed by atoms with E-state index in [2.05, 4.69) is 38.0 Å². The molecule has 0 aromatic rings. The van der Waals surface area contributed by atoms with Gasteiger partial charge in [-0.15, -0.1) is 0 Å². The SMILES string of the molecule is CCCNC1COCC1CN(C)C(C)CCC. The summed E-state index contributed by atoms with van der Waals surface area (Å²) in [5.74, 6) is 0.658. The Kier molecular flexibility index (Phi) is 7.09. The molecule has 3 heteroatoms. The molecule has 0 amide bonds. The van der Waals surface area contributed by atoms with Gasteiger partial charge in [-0.2, -0.15) is 0 Å². The van der Waals surface area contributed by atoms with Crippen molar-refractivity contribution in [3.8, 4) is 0 Å². The number of nitrogens with one attached hydrogen (secondary N) is 1. The van der Waals surface area contributed by atoms with E-state index in [0.29, 0.717) is 18.0 Å². The third kappa shape index (κ3) is 4.94. The predicted octanol–water partition coefficient (Wildman–Crippen LogP) is 2.12. The van der Waals surface area contributed by atoms with Crippen molar-refractivity contribution in [1.29, 1.82) is 0 Å². The Hall–Kier alpha value is -0.120. The Morgan fingerprint density at radius 2 is 2.06 bits per heavy atom. The zero-order valence-electron chi connectivity index (χ0n) is 12.0. The van der Waals surface area contributed by atoms with Crippen molar-refractivity contribution in [2.75, 3.05) is 33.4 Å². The molecule has 3 atom stereocenters. The molecule has 17 heavy (non-hydrogen) atoms. The van der Waals surface area contributed by atoms with Crippen LogP contribution in [0.15, 0.2) is 0 Å². The zero-order chi connectivity index (χ0) is 12.7. The van der Waals surface area contributed by atoms with Crippen LogP contribution in [0.1, 0.15) is 40.0 Å². The lowest BCUT2D eigenvalue weighted by Crippen LogP contribution is -2.43. The third-order valence-corrected chi connectivity index (χ3v) is 3.84. The maximum absolute atomic E-state index is 5.62. The van der Waals surface area contributed by atoms with Crippen molar-refractivity contribution < 1.29 is 4.74 Å². The van der Waals surface area contributed by atoms with E-state index < -0.39 is 0 Å². The molecule has 1 heterocycles. The molecule has 1 rings (SSSR count). The molecule has 102 valence electrons. The molecule has 0 aromatic heterocycles. The molecule has 1 fully saturated rings. The minimum Gasteiger partial charge on any atom is -0.379 e. The van der Waals surface area contributed by atoms with Crippen LogP contribution in [0.2, 0.25) is 0 Å². The zero-order valence-corrected chi connectivity index (χ0v) is 12.0. The van der Waals surface area contributed by atoms with Crippen molar-refractivity contribution in [2.24, 2.45) is 5.92 Å². The maximum Gasteiger partial charge on any atom is 0.0623 e. The predicted molar refractivity (Wildman–Crippen MR) is 73.4 cm³/mol. The summed E-state index contributed by atoms with van der Waals surface area (Å²) in [6.07, 6.45) is 3.76. The van der Waals surface area contributed by atoms with Crippen molar-refractivity contribution in [1.82, 2.24) is 10.2 Å². The van der Waals surface area contributed by atoms with Gasteiger partial charge in [-0.05, 0) is 33.4 Å². The van der Waals surface area contributed by atoms with Crippen molar-refractivity contribution in [3.63, 3.8) is 0 Å². The van der Waals surface area contributed by atoms with Crippen LogP contribution >= 0.6 is 0 Å². The second-order valence-electron chi connectivity index (χ2n) is 5.44. The first-order valence-electron chi connectivity index (χ1n) is 7.20. The molecule has 0 radical (unpaired) electrons. The number of hydrogen-bond donors (Lipinski definition) is 1. The molecule has 0 bridgehead atoms. The summed E-state index contributed by atoms with van der Waals surface area (Å²) in [5.41, 5.74) is 0. The van der Waals surface area contributed by atoms with Gasteiger partial charge in [0.15, 0.2) is 0 Å². The van der Waals surface area contributed by atoms with Crippen LogP contribution in [-0.2, 0) is 4.74 Å². The highest BCUT2D eigenvalue weighted by Gasteiger charge is 2.29.